The summed E-state index contributed by atoms with van der Waals surface area (Å²) >= 11 is 3.06. The van der Waals surface area contributed by atoms with Crippen LogP contribution in [0.2, 0.25) is 0 Å². The Hall–Kier alpha value is -0.870. The lowest BCUT2D eigenvalue weighted by Crippen LogP contribution is -1.82. The lowest BCUT2D eigenvalue weighted by atomic mass is 10.2. The molecule has 0 radical (unpaired) electrons. The van der Waals surface area contributed by atoms with E-state index in [0.29, 0.717) is 5.06 Å². The van der Waals surface area contributed by atoms with E-state index in [1.54, 1.807) is 24.9 Å². The van der Waals surface area contributed by atoms with Gasteiger partial charge < -0.3 is 9.84 Å². The van der Waals surface area contributed by atoms with Crippen LogP contribution in [-0.4, -0.2) is 18.5 Å². The maximum atomic E-state index is 9.41. The molecule has 1 heterocycles. The number of aromatic hydroxyl groups is 1. The molecule has 0 bridgehead atoms. The Kier molecular flexibility index (Phi) is 2.56. The lowest BCUT2D eigenvalue weighted by molar-refractivity contribution is 0.414. The second-order valence-electron chi connectivity index (χ2n) is 2.83. The molecule has 0 atom stereocenters. The van der Waals surface area contributed by atoms with E-state index in [1.807, 2.05) is 18.4 Å². The maximum absolute atomic E-state index is 9.41. The Morgan fingerprint density at radius 3 is 2.79 bits per heavy atom. The minimum atomic E-state index is 0.351. The molecule has 74 valence electrons. The summed E-state index contributed by atoms with van der Waals surface area (Å²) in [6.45, 7) is 0. The topological polar surface area (TPSA) is 29.5 Å². The highest BCUT2D eigenvalue weighted by Crippen LogP contribution is 2.39. The highest BCUT2D eigenvalue weighted by Gasteiger charge is 2.07. The highest BCUT2D eigenvalue weighted by atomic mass is 32.2. The summed E-state index contributed by atoms with van der Waals surface area (Å²) in [6, 6.07) is 5.69. The summed E-state index contributed by atoms with van der Waals surface area (Å²) < 4.78 is 6.30. The first kappa shape index (κ1) is 9.68. The van der Waals surface area contributed by atoms with Crippen LogP contribution in [0, 0.1) is 0 Å². The molecular formula is C10H10O2S2. The Bertz CT molecular complexity index is 462. The van der Waals surface area contributed by atoms with E-state index in [-0.39, 0.29) is 0 Å². The molecule has 4 heteroatoms. The number of hydrogen-bond acceptors (Lipinski definition) is 4. The van der Waals surface area contributed by atoms with E-state index in [2.05, 4.69) is 0 Å². The molecule has 0 amide bonds. The summed E-state index contributed by atoms with van der Waals surface area (Å²) in [7, 11) is 1.65. The van der Waals surface area contributed by atoms with Crippen LogP contribution in [0.3, 0.4) is 0 Å². The van der Waals surface area contributed by atoms with Crippen molar-refractivity contribution in [1.29, 1.82) is 0 Å². The number of benzene rings is 1. The molecule has 0 aliphatic heterocycles. The number of thiophene rings is 1. The molecule has 0 saturated carbocycles. The number of ether oxygens (including phenoxy) is 1. The summed E-state index contributed by atoms with van der Waals surface area (Å²) in [5.41, 5.74) is 0. The first-order valence-electron chi connectivity index (χ1n) is 4.09. The third-order valence-corrected chi connectivity index (χ3v) is 3.88. The van der Waals surface area contributed by atoms with E-state index >= 15 is 0 Å². The molecule has 1 N–H and O–H groups in total. The molecule has 2 rings (SSSR count). The molecule has 0 aliphatic rings. The van der Waals surface area contributed by atoms with E-state index in [1.165, 1.54) is 11.3 Å². The number of fused-ring (bicyclic) bond motifs is 1. The van der Waals surface area contributed by atoms with E-state index in [0.717, 1.165) is 20.7 Å². The van der Waals surface area contributed by atoms with Gasteiger partial charge in [0.05, 0.1) is 11.8 Å². The zero-order valence-corrected chi connectivity index (χ0v) is 9.54. The summed E-state index contributed by atoms with van der Waals surface area (Å²) in [4.78, 5) is 1.14. The van der Waals surface area contributed by atoms with Crippen molar-refractivity contribution in [3.63, 3.8) is 0 Å². The first-order valence-corrected chi connectivity index (χ1v) is 6.13. The van der Waals surface area contributed by atoms with Crippen LogP contribution in [0.25, 0.3) is 10.1 Å². The minimum absolute atomic E-state index is 0.351. The van der Waals surface area contributed by atoms with Gasteiger partial charge in [0.1, 0.15) is 5.75 Å². The molecule has 2 aromatic rings. The van der Waals surface area contributed by atoms with Gasteiger partial charge in [0.2, 0.25) is 0 Å². The number of hydrogen-bond donors (Lipinski definition) is 1. The Labute approximate surface area is 90.5 Å². The fraction of sp³-hybridized carbons (Fsp3) is 0.200. The van der Waals surface area contributed by atoms with Crippen molar-refractivity contribution in [3.8, 4) is 10.8 Å². The van der Waals surface area contributed by atoms with Crippen molar-refractivity contribution in [2.75, 3.05) is 13.4 Å². The molecule has 0 fully saturated rings. The molecule has 0 spiro atoms. The molecule has 0 unspecified atom stereocenters. The van der Waals surface area contributed by atoms with Gasteiger partial charge in [0, 0.05) is 10.3 Å². The van der Waals surface area contributed by atoms with Gasteiger partial charge in [-0.05, 0) is 24.5 Å². The molecule has 14 heavy (non-hydrogen) atoms. The van der Waals surface area contributed by atoms with Crippen LogP contribution in [-0.2, 0) is 0 Å². The van der Waals surface area contributed by atoms with Crippen LogP contribution in [0.1, 0.15) is 0 Å². The SMILES string of the molecule is COc1cc(SC)c2sc(O)cc2c1. The van der Waals surface area contributed by atoms with Crippen molar-refractivity contribution in [1.82, 2.24) is 0 Å². The van der Waals surface area contributed by atoms with Crippen molar-refractivity contribution in [2.45, 2.75) is 4.90 Å². The number of thioether (sulfide) groups is 1. The van der Waals surface area contributed by atoms with Gasteiger partial charge in [-0.2, -0.15) is 0 Å². The maximum Gasteiger partial charge on any atom is 0.172 e. The molecule has 2 nitrogen and oxygen atoms in total. The predicted molar refractivity (Wildman–Crippen MR) is 61.8 cm³/mol. The average molecular weight is 226 g/mol. The van der Waals surface area contributed by atoms with Crippen LogP contribution in [0.5, 0.6) is 10.8 Å². The van der Waals surface area contributed by atoms with Gasteiger partial charge in [-0.3, -0.25) is 0 Å². The van der Waals surface area contributed by atoms with E-state index in [9.17, 15) is 5.11 Å². The minimum Gasteiger partial charge on any atom is -0.499 e. The van der Waals surface area contributed by atoms with E-state index in [4.69, 9.17) is 4.74 Å². The largest absolute Gasteiger partial charge is 0.499 e. The van der Waals surface area contributed by atoms with Gasteiger partial charge in [-0.1, -0.05) is 11.3 Å². The summed E-state index contributed by atoms with van der Waals surface area (Å²) in [5, 5.41) is 10.8. The fourth-order valence-electron chi connectivity index (χ4n) is 1.35. The predicted octanol–water partition coefficient (Wildman–Crippen LogP) is 3.34. The Morgan fingerprint density at radius 1 is 1.36 bits per heavy atom. The number of methoxy groups -OCH3 is 1. The van der Waals surface area contributed by atoms with Gasteiger partial charge in [0.15, 0.2) is 5.06 Å². The second-order valence-corrected chi connectivity index (χ2v) is 4.71. The van der Waals surface area contributed by atoms with Crippen molar-refractivity contribution >= 4 is 33.2 Å². The summed E-state index contributed by atoms with van der Waals surface area (Å²) in [5.74, 6) is 0.833. The van der Waals surface area contributed by atoms with Crippen LogP contribution >= 0.6 is 23.1 Å². The van der Waals surface area contributed by atoms with Crippen LogP contribution in [0.15, 0.2) is 23.1 Å². The normalized spacial score (nSPS) is 10.7. The molecule has 0 saturated heterocycles. The molecule has 1 aromatic heterocycles. The monoisotopic (exact) mass is 226 g/mol. The third-order valence-electron chi connectivity index (χ3n) is 2.00. The smallest absolute Gasteiger partial charge is 0.172 e. The van der Waals surface area contributed by atoms with Crippen LogP contribution in [0.4, 0.5) is 0 Å². The van der Waals surface area contributed by atoms with Crippen LogP contribution < -0.4 is 4.74 Å². The van der Waals surface area contributed by atoms with Crippen molar-refractivity contribution in [2.24, 2.45) is 0 Å². The fourth-order valence-corrected chi connectivity index (χ4v) is 3.05. The van der Waals surface area contributed by atoms with Gasteiger partial charge in [0.25, 0.3) is 0 Å². The van der Waals surface area contributed by atoms with Gasteiger partial charge in [-0.25, -0.2) is 0 Å². The standard InChI is InChI=1S/C10H10O2S2/c1-12-7-3-6-4-9(11)14-10(6)8(5-7)13-2/h3-5,11H,1-2H3. The first-order chi connectivity index (χ1) is 6.74. The Balaban J connectivity index is 2.72. The van der Waals surface area contributed by atoms with Gasteiger partial charge >= 0.3 is 0 Å². The molecule has 0 aliphatic carbocycles. The highest BCUT2D eigenvalue weighted by molar-refractivity contribution is 7.99. The quantitative estimate of drug-likeness (QED) is 0.796. The molecular weight excluding hydrogens is 216 g/mol. The average Bonchev–Trinajstić information content (AvgIpc) is 2.56. The summed E-state index contributed by atoms with van der Waals surface area (Å²) in [6.07, 6.45) is 2.02. The Morgan fingerprint density at radius 2 is 2.14 bits per heavy atom. The third kappa shape index (κ3) is 1.55. The second kappa shape index (κ2) is 3.71. The van der Waals surface area contributed by atoms with Crippen molar-refractivity contribution < 1.29 is 9.84 Å². The van der Waals surface area contributed by atoms with E-state index < -0.39 is 0 Å². The molecule has 1 aromatic carbocycles. The zero-order valence-electron chi connectivity index (χ0n) is 7.90. The number of rotatable bonds is 2. The van der Waals surface area contributed by atoms with Crippen molar-refractivity contribution in [3.05, 3.63) is 18.2 Å². The lowest BCUT2D eigenvalue weighted by Gasteiger charge is -2.03. The van der Waals surface area contributed by atoms with Gasteiger partial charge in [-0.15, -0.1) is 11.8 Å². The zero-order chi connectivity index (χ0) is 10.1.